The fourth-order valence-electron chi connectivity index (χ4n) is 4.56. The molecule has 4 rings (SSSR count). The fraction of sp³-hybridized carbons (Fsp3) is 0.357. The summed E-state index contributed by atoms with van der Waals surface area (Å²) in [4.78, 5) is 7.27. The highest BCUT2D eigenvalue weighted by molar-refractivity contribution is 7.90. The second-order valence-electron chi connectivity index (χ2n) is 9.49. The molecule has 1 aliphatic rings. The number of pyridine rings is 1. The third-order valence-electron chi connectivity index (χ3n) is 6.49. The summed E-state index contributed by atoms with van der Waals surface area (Å²) in [6.45, 7) is 6.48. The third kappa shape index (κ3) is 6.79. The Bertz CT molecular complexity index is 1380. The van der Waals surface area contributed by atoms with Crippen molar-refractivity contribution < 1.29 is 17.9 Å². The Labute approximate surface area is 218 Å². The lowest BCUT2D eigenvalue weighted by Gasteiger charge is -2.32. The molecule has 0 radical (unpaired) electrons. The van der Waals surface area contributed by atoms with Crippen LogP contribution in [0.25, 0.3) is 0 Å². The Morgan fingerprint density at radius 2 is 1.73 bits per heavy atom. The number of nitriles is 1. The van der Waals surface area contributed by atoms with E-state index in [0.29, 0.717) is 27.9 Å². The highest BCUT2D eigenvalue weighted by Gasteiger charge is 2.20. The zero-order chi connectivity index (χ0) is 26.6. The molecule has 0 atom stereocenters. The van der Waals surface area contributed by atoms with E-state index in [1.54, 1.807) is 25.3 Å². The molecule has 1 saturated heterocycles. The van der Waals surface area contributed by atoms with Crippen LogP contribution in [-0.4, -0.2) is 50.8 Å². The quantitative estimate of drug-likeness (QED) is 0.449. The Hall–Kier alpha value is -3.61. The summed E-state index contributed by atoms with van der Waals surface area (Å²) in [7, 11) is -1.60. The number of methoxy groups -OCH3 is 1. The second-order valence-corrected chi connectivity index (χ2v) is 11.5. The van der Waals surface area contributed by atoms with Gasteiger partial charge in [0.1, 0.15) is 17.3 Å². The zero-order valence-electron chi connectivity index (χ0n) is 21.6. The van der Waals surface area contributed by atoms with Crippen molar-refractivity contribution >= 4 is 15.7 Å². The van der Waals surface area contributed by atoms with Crippen LogP contribution in [-0.2, 0) is 16.4 Å². The van der Waals surface area contributed by atoms with Crippen molar-refractivity contribution in [2.75, 3.05) is 31.8 Å². The standard InChI is InChI=1S/C28H32N4O4S/c1-19-13-22(17-29)14-20(2)28(19)36-24-15-26(31-27(16-24)35-3)30-23-9-11-32(12-10-23)18-21-5-7-25(8-6-21)37(4,33)34/h5-8,13-16,23H,9-12,18H2,1-4H3,(H,30,31). The summed E-state index contributed by atoms with van der Waals surface area (Å²) in [5.41, 5.74) is 3.48. The maximum atomic E-state index is 11.7. The van der Waals surface area contributed by atoms with Crippen molar-refractivity contribution in [2.24, 2.45) is 0 Å². The first-order valence-electron chi connectivity index (χ1n) is 12.2. The SMILES string of the molecule is COc1cc(Oc2c(C)cc(C#N)cc2C)cc(NC2CCN(Cc3ccc(S(C)(=O)=O)cc3)CC2)n1. The number of sulfone groups is 1. The van der Waals surface area contributed by atoms with E-state index in [2.05, 4.69) is 21.3 Å². The molecular weight excluding hydrogens is 488 g/mol. The molecule has 0 saturated carbocycles. The fourth-order valence-corrected chi connectivity index (χ4v) is 5.19. The Balaban J connectivity index is 1.38. The van der Waals surface area contributed by atoms with Crippen LogP contribution in [0.2, 0.25) is 0 Å². The van der Waals surface area contributed by atoms with Gasteiger partial charge < -0.3 is 14.8 Å². The van der Waals surface area contributed by atoms with E-state index >= 15 is 0 Å². The molecule has 0 unspecified atom stereocenters. The average Bonchev–Trinajstić information content (AvgIpc) is 2.87. The molecule has 0 aliphatic carbocycles. The lowest BCUT2D eigenvalue weighted by Crippen LogP contribution is -2.38. The largest absolute Gasteiger partial charge is 0.481 e. The highest BCUT2D eigenvalue weighted by atomic mass is 32.2. The van der Waals surface area contributed by atoms with E-state index < -0.39 is 9.84 Å². The monoisotopic (exact) mass is 520 g/mol. The molecule has 37 heavy (non-hydrogen) atoms. The van der Waals surface area contributed by atoms with E-state index in [9.17, 15) is 13.7 Å². The number of benzene rings is 2. The predicted octanol–water partition coefficient (Wildman–Crippen LogP) is 4.85. The van der Waals surface area contributed by atoms with E-state index in [0.717, 1.165) is 54.9 Å². The Morgan fingerprint density at radius 3 is 2.30 bits per heavy atom. The third-order valence-corrected chi connectivity index (χ3v) is 7.62. The van der Waals surface area contributed by atoms with Crippen LogP contribution in [0.1, 0.15) is 35.1 Å². The number of aromatic nitrogens is 1. The minimum atomic E-state index is -3.18. The van der Waals surface area contributed by atoms with Gasteiger partial charge in [-0.3, -0.25) is 4.90 Å². The van der Waals surface area contributed by atoms with Gasteiger partial charge >= 0.3 is 0 Å². The van der Waals surface area contributed by atoms with Gasteiger partial charge in [0.05, 0.1) is 23.6 Å². The maximum Gasteiger partial charge on any atom is 0.218 e. The first kappa shape index (κ1) is 26.5. The van der Waals surface area contributed by atoms with E-state index in [1.165, 1.54) is 6.26 Å². The van der Waals surface area contributed by atoms with Gasteiger partial charge in [-0.05, 0) is 67.6 Å². The molecule has 0 bridgehead atoms. The van der Waals surface area contributed by atoms with Crippen LogP contribution in [0.15, 0.2) is 53.4 Å². The van der Waals surface area contributed by atoms with Crippen molar-refractivity contribution in [3.05, 3.63) is 70.8 Å². The van der Waals surface area contributed by atoms with Crippen LogP contribution >= 0.6 is 0 Å². The van der Waals surface area contributed by atoms with Crippen LogP contribution in [0.4, 0.5) is 5.82 Å². The summed E-state index contributed by atoms with van der Waals surface area (Å²) >= 11 is 0. The number of aryl methyl sites for hydroxylation is 2. The summed E-state index contributed by atoms with van der Waals surface area (Å²) in [6, 6.07) is 16.8. The Morgan fingerprint density at radius 1 is 1.08 bits per heavy atom. The summed E-state index contributed by atoms with van der Waals surface area (Å²) in [5.74, 6) is 2.48. The average molecular weight is 521 g/mol. The minimum absolute atomic E-state index is 0.259. The first-order chi connectivity index (χ1) is 17.6. The van der Waals surface area contributed by atoms with Gasteiger partial charge in [-0.1, -0.05) is 12.1 Å². The van der Waals surface area contributed by atoms with Crippen LogP contribution in [0.3, 0.4) is 0 Å². The highest BCUT2D eigenvalue weighted by Crippen LogP contribution is 2.33. The number of ether oxygens (including phenoxy) is 2. The summed E-state index contributed by atoms with van der Waals surface area (Å²) in [6.07, 6.45) is 3.12. The minimum Gasteiger partial charge on any atom is -0.481 e. The van der Waals surface area contributed by atoms with Gasteiger partial charge in [0.2, 0.25) is 5.88 Å². The molecule has 2 heterocycles. The smallest absolute Gasteiger partial charge is 0.218 e. The molecule has 0 spiro atoms. The van der Waals surface area contributed by atoms with Crippen molar-refractivity contribution in [2.45, 2.75) is 44.2 Å². The maximum absolute atomic E-state index is 11.7. The van der Waals surface area contributed by atoms with Gasteiger partial charge in [0, 0.05) is 44.1 Å². The van der Waals surface area contributed by atoms with Crippen LogP contribution in [0, 0.1) is 25.2 Å². The lowest BCUT2D eigenvalue weighted by atomic mass is 10.0. The molecule has 0 amide bonds. The number of anilines is 1. The van der Waals surface area contributed by atoms with E-state index in [-0.39, 0.29) is 6.04 Å². The number of likely N-dealkylation sites (tertiary alicyclic amines) is 1. The first-order valence-corrected chi connectivity index (χ1v) is 14.1. The molecule has 1 aromatic heterocycles. The molecular formula is C28H32N4O4S. The molecule has 1 fully saturated rings. The zero-order valence-corrected chi connectivity index (χ0v) is 22.4. The molecule has 1 aliphatic heterocycles. The van der Waals surface area contributed by atoms with Gasteiger partial charge in [-0.25, -0.2) is 8.42 Å². The number of rotatable bonds is 8. The van der Waals surface area contributed by atoms with Crippen molar-refractivity contribution in [3.63, 3.8) is 0 Å². The van der Waals surface area contributed by atoms with Crippen molar-refractivity contribution in [3.8, 4) is 23.4 Å². The topological polar surface area (TPSA) is 105 Å². The summed E-state index contributed by atoms with van der Waals surface area (Å²) < 4.78 is 35.0. The number of nitrogens with zero attached hydrogens (tertiary/aromatic N) is 3. The second kappa shape index (κ2) is 11.2. The molecule has 9 heteroatoms. The molecule has 2 aromatic carbocycles. The number of hydrogen-bond donors (Lipinski definition) is 1. The van der Waals surface area contributed by atoms with Gasteiger partial charge in [0.15, 0.2) is 9.84 Å². The van der Waals surface area contributed by atoms with E-state index in [1.807, 2.05) is 44.2 Å². The van der Waals surface area contributed by atoms with Gasteiger partial charge in [0.25, 0.3) is 0 Å². The number of nitrogens with one attached hydrogen (secondary N) is 1. The van der Waals surface area contributed by atoms with Crippen molar-refractivity contribution in [1.29, 1.82) is 5.26 Å². The predicted molar refractivity (Wildman–Crippen MR) is 143 cm³/mol. The molecule has 194 valence electrons. The molecule has 1 N–H and O–H groups in total. The number of piperidine rings is 1. The van der Waals surface area contributed by atoms with Crippen LogP contribution in [0.5, 0.6) is 17.4 Å². The number of hydrogen-bond acceptors (Lipinski definition) is 8. The molecule has 8 nitrogen and oxygen atoms in total. The lowest BCUT2D eigenvalue weighted by molar-refractivity contribution is 0.211. The normalized spacial score (nSPS) is 14.7. The Kier molecular flexibility index (Phi) is 8.00. The molecule has 3 aromatic rings. The van der Waals surface area contributed by atoms with Gasteiger partial charge in [-0.2, -0.15) is 10.2 Å². The van der Waals surface area contributed by atoms with Crippen LogP contribution < -0.4 is 14.8 Å². The van der Waals surface area contributed by atoms with E-state index in [4.69, 9.17) is 9.47 Å². The van der Waals surface area contributed by atoms with Gasteiger partial charge in [-0.15, -0.1) is 0 Å². The van der Waals surface area contributed by atoms with Crippen molar-refractivity contribution in [1.82, 2.24) is 9.88 Å². The summed E-state index contributed by atoms with van der Waals surface area (Å²) in [5, 5.41) is 12.7.